The minimum atomic E-state index is -0.183. The first-order chi connectivity index (χ1) is 11.4. The molecule has 0 aliphatic carbocycles. The molecule has 0 saturated heterocycles. The predicted molar refractivity (Wildman–Crippen MR) is 97.7 cm³/mol. The van der Waals surface area contributed by atoms with Crippen molar-refractivity contribution < 1.29 is 4.79 Å². The number of anilines is 2. The van der Waals surface area contributed by atoms with E-state index in [9.17, 15) is 4.79 Å². The number of nitrogens with one attached hydrogen (secondary N) is 2. The molecule has 1 aromatic heterocycles. The molecule has 5 heteroatoms. The SMILES string of the molecule is CCCCNC(=O)c1ccc(Nc2ccc(C(C)(C)C)cc2)nn1. The third-order valence-electron chi connectivity index (χ3n) is 3.74. The summed E-state index contributed by atoms with van der Waals surface area (Å²) >= 11 is 0. The molecule has 0 fully saturated rings. The van der Waals surface area contributed by atoms with E-state index in [1.165, 1.54) is 5.56 Å². The van der Waals surface area contributed by atoms with Crippen molar-refractivity contribution in [3.8, 4) is 0 Å². The third-order valence-corrected chi connectivity index (χ3v) is 3.74. The fourth-order valence-electron chi connectivity index (χ4n) is 2.19. The number of hydrogen-bond acceptors (Lipinski definition) is 4. The summed E-state index contributed by atoms with van der Waals surface area (Å²) in [5.41, 5.74) is 2.68. The molecule has 2 aromatic rings. The molecule has 0 aliphatic rings. The zero-order chi connectivity index (χ0) is 17.6. The van der Waals surface area contributed by atoms with E-state index < -0.39 is 0 Å². The summed E-state index contributed by atoms with van der Waals surface area (Å²) in [6.45, 7) is 9.30. The first kappa shape index (κ1) is 17.9. The van der Waals surface area contributed by atoms with Crippen LogP contribution in [-0.2, 0) is 5.41 Å². The Hall–Kier alpha value is -2.43. The summed E-state index contributed by atoms with van der Waals surface area (Å²) in [4.78, 5) is 11.9. The second-order valence-electron chi connectivity index (χ2n) is 6.87. The van der Waals surface area contributed by atoms with E-state index in [4.69, 9.17) is 0 Å². The fourth-order valence-corrected chi connectivity index (χ4v) is 2.19. The lowest BCUT2D eigenvalue weighted by molar-refractivity contribution is 0.0947. The Morgan fingerprint density at radius 1 is 1.04 bits per heavy atom. The average molecular weight is 326 g/mol. The van der Waals surface area contributed by atoms with Gasteiger partial charge in [0.1, 0.15) is 0 Å². The van der Waals surface area contributed by atoms with Gasteiger partial charge in [-0.05, 0) is 41.7 Å². The van der Waals surface area contributed by atoms with Crippen molar-refractivity contribution in [2.45, 2.75) is 46.0 Å². The van der Waals surface area contributed by atoms with E-state index in [2.05, 4.69) is 60.7 Å². The summed E-state index contributed by atoms with van der Waals surface area (Å²) < 4.78 is 0. The molecule has 1 heterocycles. The van der Waals surface area contributed by atoms with E-state index in [0.717, 1.165) is 18.5 Å². The van der Waals surface area contributed by atoms with E-state index in [1.54, 1.807) is 12.1 Å². The summed E-state index contributed by atoms with van der Waals surface area (Å²) in [7, 11) is 0. The maximum Gasteiger partial charge on any atom is 0.271 e. The molecule has 2 N–H and O–H groups in total. The highest BCUT2D eigenvalue weighted by Gasteiger charge is 2.13. The van der Waals surface area contributed by atoms with Gasteiger partial charge in [0.05, 0.1) is 0 Å². The van der Waals surface area contributed by atoms with E-state index >= 15 is 0 Å². The molecule has 0 atom stereocenters. The number of carbonyl (C=O) groups excluding carboxylic acids is 1. The minimum Gasteiger partial charge on any atom is -0.351 e. The van der Waals surface area contributed by atoms with Gasteiger partial charge in [0.2, 0.25) is 0 Å². The van der Waals surface area contributed by atoms with Crippen molar-refractivity contribution in [1.29, 1.82) is 0 Å². The lowest BCUT2D eigenvalue weighted by Crippen LogP contribution is -2.25. The van der Waals surface area contributed by atoms with Gasteiger partial charge in [-0.2, -0.15) is 0 Å². The highest BCUT2D eigenvalue weighted by Crippen LogP contribution is 2.24. The summed E-state index contributed by atoms with van der Waals surface area (Å²) in [6.07, 6.45) is 2.01. The van der Waals surface area contributed by atoms with E-state index in [0.29, 0.717) is 18.1 Å². The quantitative estimate of drug-likeness (QED) is 0.786. The van der Waals surface area contributed by atoms with Crippen molar-refractivity contribution in [2.24, 2.45) is 0 Å². The van der Waals surface area contributed by atoms with Crippen molar-refractivity contribution in [1.82, 2.24) is 15.5 Å². The molecule has 0 radical (unpaired) electrons. The van der Waals surface area contributed by atoms with Crippen molar-refractivity contribution in [3.05, 3.63) is 47.7 Å². The molecule has 1 amide bonds. The lowest BCUT2D eigenvalue weighted by Gasteiger charge is -2.19. The molecule has 1 aromatic carbocycles. The Morgan fingerprint density at radius 3 is 2.29 bits per heavy atom. The van der Waals surface area contributed by atoms with Crippen molar-refractivity contribution >= 4 is 17.4 Å². The van der Waals surface area contributed by atoms with Gasteiger partial charge >= 0.3 is 0 Å². The first-order valence-electron chi connectivity index (χ1n) is 8.39. The van der Waals surface area contributed by atoms with Crippen LogP contribution in [0.1, 0.15) is 56.6 Å². The van der Waals surface area contributed by atoms with Crippen LogP contribution in [0.4, 0.5) is 11.5 Å². The number of benzene rings is 1. The normalized spacial score (nSPS) is 11.2. The van der Waals surface area contributed by atoms with Gasteiger partial charge in [-0.15, -0.1) is 10.2 Å². The Labute approximate surface area is 143 Å². The van der Waals surface area contributed by atoms with Crippen molar-refractivity contribution in [3.63, 3.8) is 0 Å². The van der Waals surface area contributed by atoms with E-state index in [1.807, 2.05) is 12.1 Å². The zero-order valence-corrected chi connectivity index (χ0v) is 14.9. The number of unbranched alkanes of at least 4 members (excludes halogenated alkanes) is 1. The first-order valence-corrected chi connectivity index (χ1v) is 8.39. The molecule has 0 spiro atoms. The van der Waals surface area contributed by atoms with Crippen molar-refractivity contribution in [2.75, 3.05) is 11.9 Å². The van der Waals surface area contributed by atoms with Gasteiger partial charge in [-0.1, -0.05) is 46.2 Å². The third kappa shape index (κ3) is 5.05. The van der Waals surface area contributed by atoms with Crippen LogP contribution < -0.4 is 10.6 Å². The number of nitrogens with zero attached hydrogens (tertiary/aromatic N) is 2. The molecule has 0 aliphatic heterocycles. The molecule has 5 nitrogen and oxygen atoms in total. The van der Waals surface area contributed by atoms with E-state index in [-0.39, 0.29) is 11.3 Å². The second kappa shape index (κ2) is 7.90. The fraction of sp³-hybridized carbons (Fsp3) is 0.421. The largest absolute Gasteiger partial charge is 0.351 e. The monoisotopic (exact) mass is 326 g/mol. The molecule has 0 unspecified atom stereocenters. The number of carbonyl (C=O) groups is 1. The maximum atomic E-state index is 11.9. The van der Waals surface area contributed by atoms with Gasteiger partial charge in [-0.25, -0.2) is 0 Å². The Balaban J connectivity index is 1.97. The number of rotatable bonds is 6. The van der Waals surface area contributed by atoms with Crippen LogP contribution in [0.25, 0.3) is 0 Å². The number of amides is 1. The predicted octanol–water partition coefficient (Wildman–Crippen LogP) is 4.05. The smallest absolute Gasteiger partial charge is 0.271 e. The number of aromatic nitrogens is 2. The average Bonchev–Trinajstić information content (AvgIpc) is 2.55. The molecular formula is C19H26N4O. The Kier molecular flexibility index (Phi) is 5.90. The van der Waals surface area contributed by atoms with Gasteiger partial charge in [0.25, 0.3) is 5.91 Å². The maximum absolute atomic E-state index is 11.9. The molecule has 24 heavy (non-hydrogen) atoms. The van der Waals surface area contributed by atoms with Gasteiger partial charge in [0.15, 0.2) is 11.5 Å². The van der Waals surface area contributed by atoms with Gasteiger partial charge in [0, 0.05) is 12.2 Å². The lowest BCUT2D eigenvalue weighted by atomic mass is 9.87. The van der Waals surface area contributed by atoms with Crippen LogP contribution in [-0.4, -0.2) is 22.6 Å². The summed E-state index contributed by atoms with van der Waals surface area (Å²) in [6, 6.07) is 11.7. The molecular weight excluding hydrogens is 300 g/mol. The van der Waals surface area contributed by atoms with Crippen LogP contribution in [0, 0.1) is 0 Å². The highest BCUT2D eigenvalue weighted by atomic mass is 16.1. The summed E-state index contributed by atoms with van der Waals surface area (Å²) in [5, 5.41) is 14.1. The highest BCUT2D eigenvalue weighted by molar-refractivity contribution is 5.92. The van der Waals surface area contributed by atoms with Crippen LogP contribution in [0.15, 0.2) is 36.4 Å². The van der Waals surface area contributed by atoms with Gasteiger partial charge < -0.3 is 10.6 Å². The second-order valence-corrected chi connectivity index (χ2v) is 6.87. The molecule has 2 rings (SSSR count). The van der Waals surface area contributed by atoms with Crippen LogP contribution in [0.5, 0.6) is 0 Å². The zero-order valence-electron chi connectivity index (χ0n) is 14.9. The Morgan fingerprint density at radius 2 is 1.75 bits per heavy atom. The minimum absolute atomic E-state index is 0.130. The summed E-state index contributed by atoms with van der Waals surface area (Å²) in [5.74, 6) is 0.431. The molecule has 128 valence electrons. The molecule has 0 saturated carbocycles. The van der Waals surface area contributed by atoms with Crippen LogP contribution in [0.2, 0.25) is 0 Å². The molecule has 0 bridgehead atoms. The number of hydrogen-bond donors (Lipinski definition) is 2. The van der Waals surface area contributed by atoms with Gasteiger partial charge in [-0.3, -0.25) is 4.79 Å². The topological polar surface area (TPSA) is 66.9 Å². The standard InChI is InChI=1S/C19H26N4O/c1-5-6-13-20-18(24)16-11-12-17(23-22-16)21-15-9-7-14(8-10-15)19(2,3)4/h7-12H,5-6,13H2,1-4H3,(H,20,24)(H,21,23). The Bertz CT molecular complexity index is 657. The van der Waals surface area contributed by atoms with Crippen LogP contribution in [0.3, 0.4) is 0 Å². The van der Waals surface area contributed by atoms with Crippen LogP contribution >= 0.6 is 0 Å².